The van der Waals surface area contributed by atoms with Crippen LogP contribution in [0.3, 0.4) is 0 Å². The average molecular weight is 468 g/mol. The molecule has 1 nitrogen and oxygen atoms in total. The van der Waals surface area contributed by atoms with E-state index in [1.54, 1.807) is 0 Å². The maximum absolute atomic E-state index is 4.25. The van der Waals surface area contributed by atoms with Gasteiger partial charge < -0.3 is 17.0 Å². The predicted molar refractivity (Wildman–Crippen MR) is 129 cm³/mol. The fourth-order valence-corrected chi connectivity index (χ4v) is 3.91. The van der Waals surface area contributed by atoms with Gasteiger partial charge in [-0.2, -0.15) is 0 Å². The first-order valence-electron chi connectivity index (χ1n) is 10.3. The first-order chi connectivity index (χ1) is 14.8. The molecule has 2 heteroatoms. The van der Waals surface area contributed by atoms with E-state index in [1.807, 2.05) is 6.20 Å². The van der Waals surface area contributed by atoms with Crippen molar-refractivity contribution in [3.05, 3.63) is 151 Å². The number of hydrogen-bond donors (Lipinski definition) is 0. The molecule has 0 aliphatic heterocycles. The minimum absolute atomic E-state index is 0. The summed E-state index contributed by atoms with van der Waals surface area (Å²) in [6.07, 6.45) is 4.38. The van der Waals surface area contributed by atoms with Crippen molar-refractivity contribution in [2.24, 2.45) is 0 Å². The van der Waals surface area contributed by atoms with Gasteiger partial charge in [0.2, 0.25) is 0 Å². The van der Waals surface area contributed by atoms with E-state index in [0.717, 1.165) is 6.54 Å². The van der Waals surface area contributed by atoms with E-state index in [-0.39, 0.29) is 17.0 Å². The van der Waals surface area contributed by atoms with Crippen molar-refractivity contribution in [1.29, 1.82) is 0 Å². The molecule has 0 atom stereocenters. The zero-order valence-corrected chi connectivity index (χ0v) is 19.0. The lowest BCUT2D eigenvalue weighted by Crippen LogP contribution is -3.00. The van der Waals surface area contributed by atoms with Gasteiger partial charge in [-0.05, 0) is 53.6 Å². The second-order valence-electron chi connectivity index (χ2n) is 7.25. The fraction of sp³-hybridized carbons (Fsp3) is 0.0345. The summed E-state index contributed by atoms with van der Waals surface area (Å²) < 4.78 is 0.546. The van der Waals surface area contributed by atoms with E-state index < -0.39 is 0 Å². The van der Waals surface area contributed by atoms with Gasteiger partial charge in [-0.3, -0.25) is 0 Å². The predicted octanol–water partition coefficient (Wildman–Crippen LogP) is 4.61. The first kappa shape index (κ1) is 22.5. The summed E-state index contributed by atoms with van der Waals surface area (Å²) >= 11 is 0. The Morgan fingerprint density at radius 3 is 1.29 bits per heavy atom. The molecule has 0 radical (unpaired) electrons. The summed E-state index contributed by atoms with van der Waals surface area (Å²) in [6.45, 7) is 5.01. The highest BCUT2D eigenvalue weighted by atomic mass is 79.9. The van der Waals surface area contributed by atoms with E-state index in [4.69, 9.17) is 0 Å². The Hall–Kier alpha value is -3.20. The average Bonchev–Trinajstić information content (AvgIpc) is 2.84. The van der Waals surface area contributed by atoms with Gasteiger partial charge in [0.25, 0.3) is 0 Å². The molecular formula is C29H26BrN. The number of rotatable bonds is 7. The Kier molecular flexibility index (Phi) is 7.77. The highest BCUT2D eigenvalue weighted by molar-refractivity contribution is 5.80. The van der Waals surface area contributed by atoms with Gasteiger partial charge in [0.15, 0.2) is 0 Å². The summed E-state index contributed by atoms with van der Waals surface area (Å²) in [4.78, 5) is 0. The zero-order chi connectivity index (χ0) is 20.7. The molecule has 31 heavy (non-hydrogen) atoms. The number of para-hydroxylation sites is 2. The van der Waals surface area contributed by atoms with E-state index in [0.29, 0.717) is 4.48 Å². The van der Waals surface area contributed by atoms with Crippen LogP contribution in [0.5, 0.6) is 0 Å². The van der Waals surface area contributed by atoms with Gasteiger partial charge in [0.05, 0.1) is 6.20 Å². The van der Waals surface area contributed by atoms with Crippen LogP contribution in [-0.4, -0.2) is 6.54 Å². The Morgan fingerprint density at radius 1 is 0.581 bits per heavy atom. The molecule has 0 heterocycles. The molecule has 0 aromatic heterocycles. The first-order valence-corrected chi connectivity index (χ1v) is 10.3. The number of benzene rings is 4. The molecule has 0 unspecified atom stereocenters. The van der Waals surface area contributed by atoms with E-state index in [2.05, 4.69) is 134 Å². The molecule has 0 aliphatic rings. The molecule has 0 saturated heterocycles. The van der Waals surface area contributed by atoms with Crippen LogP contribution < -0.4 is 21.5 Å². The quantitative estimate of drug-likeness (QED) is 0.348. The zero-order valence-electron chi connectivity index (χ0n) is 17.4. The summed E-state index contributed by atoms with van der Waals surface area (Å²) in [5.74, 6) is 0. The fourth-order valence-electron chi connectivity index (χ4n) is 3.91. The van der Waals surface area contributed by atoms with Crippen molar-refractivity contribution in [3.63, 3.8) is 0 Å². The van der Waals surface area contributed by atoms with E-state index >= 15 is 0 Å². The maximum atomic E-state index is 4.25. The number of quaternary nitrogens is 1. The molecule has 154 valence electrons. The highest BCUT2D eigenvalue weighted by Gasteiger charge is 2.29. The van der Waals surface area contributed by atoms with E-state index in [9.17, 15) is 0 Å². The topological polar surface area (TPSA) is 0 Å². The largest absolute Gasteiger partial charge is 1.00 e. The summed E-state index contributed by atoms with van der Waals surface area (Å²) in [6, 6.07) is 42.4. The van der Waals surface area contributed by atoms with Gasteiger partial charge in [0, 0.05) is 0 Å². The van der Waals surface area contributed by atoms with Crippen LogP contribution in [0.4, 0.5) is 11.4 Å². The van der Waals surface area contributed by atoms with Gasteiger partial charge in [-0.25, -0.2) is 4.48 Å². The standard InChI is InChI=1S/C29H26N.BrH/c1-2-30(27-19-11-5-12-20-27,28-21-13-6-14-22-28)24-23-29(25-15-7-3-8-16-25)26-17-9-4-10-18-26;/h2-23H,1,24H2;1H/q+1;/p-1. The van der Waals surface area contributed by atoms with Crippen LogP contribution in [-0.2, 0) is 0 Å². The van der Waals surface area contributed by atoms with Crippen LogP contribution in [0.1, 0.15) is 11.1 Å². The maximum Gasteiger partial charge on any atom is 0.142 e. The normalized spacial score (nSPS) is 10.6. The lowest BCUT2D eigenvalue weighted by Gasteiger charge is -2.33. The van der Waals surface area contributed by atoms with Gasteiger partial charge >= 0.3 is 0 Å². The third-order valence-electron chi connectivity index (χ3n) is 5.50. The molecule has 0 bridgehead atoms. The van der Waals surface area contributed by atoms with Crippen LogP contribution in [0.25, 0.3) is 5.57 Å². The van der Waals surface area contributed by atoms with Crippen molar-refractivity contribution >= 4 is 16.9 Å². The molecule has 0 fully saturated rings. The van der Waals surface area contributed by atoms with Gasteiger partial charge in [0.1, 0.15) is 17.9 Å². The number of hydrogen-bond acceptors (Lipinski definition) is 0. The van der Waals surface area contributed by atoms with Crippen LogP contribution >= 0.6 is 0 Å². The Labute approximate surface area is 196 Å². The monoisotopic (exact) mass is 467 g/mol. The third kappa shape index (κ3) is 4.93. The second kappa shape index (κ2) is 10.7. The molecule has 0 N–H and O–H groups in total. The van der Waals surface area contributed by atoms with Crippen molar-refractivity contribution in [3.8, 4) is 0 Å². The van der Waals surface area contributed by atoms with Crippen molar-refractivity contribution in [1.82, 2.24) is 4.48 Å². The van der Waals surface area contributed by atoms with Gasteiger partial charge in [-0.15, -0.1) is 0 Å². The molecular weight excluding hydrogens is 442 g/mol. The van der Waals surface area contributed by atoms with Gasteiger partial charge in [-0.1, -0.05) is 97.1 Å². The Bertz CT molecular complexity index is 1020. The van der Waals surface area contributed by atoms with Crippen molar-refractivity contribution in [2.75, 3.05) is 6.54 Å². The summed E-state index contributed by atoms with van der Waals surface area (Å²) in [5.41, 5.74) is 6.04. The summed E-state index contributed by atoms with van der Waals surface area (Å²) in [7, 11) is 0. The molecule has 4 rings (SSSR count). The lowest BCUT2D eigenvalue weighted by atomic mass is 9.97. The lowest BCUT2D eigenvalue weighted by molar-refractivity contribution is -0.00000578. The van der Waals surface area contributed by atoms with Crippen LogP contribution in [0.2, 0.25) is 0 Å². The van der Waals surface area contributed by atoms with Crippen LogP contribution in [0, 0.1) is 0 Å². The minimum Gasteiger partial charge on any atom is -1.00 e. The van der Waals surface area contributed by atoms with Crippen molar-refractivity contribution < 1.29 is 17.0 Å². The van der Waals surface area contributed by atoms with E-state index in [1.165, 1.54) is 28.1 Å². The molecule has 0 saturated carbocycles. The smallest absolute Gasteiger partial charge is 0.142 e. The van der Waals surface area contributed by atoms with Crippen LogP contribution in [0.15, 0.2) is 140 Å². The molecule has 0 aliphatic carbocycles. The minimum atomic E-state index is 0. The summed E-state index contributed by atoms with van der Waals surface area (Å²) in [5, 5.41) is 0. The van der Waals surface area contributed by atoms with Crippen molar-refractivity contribution in [2.45, 2.75) is 0 Å². The Balaban J connectivity index is 0.00000272. The Morgan fingerprint density at radius 2 is 0.935 bits per heavy atom. The number of nitrogens with zero attached hydrogens (tertiary/aromatic N) is 1. The second-order valence-corrected chi connectivity index (χ2v) is 7.25. The molecule has 4 aromatic carbocycles. The SMILES string of the molecule is C=C[N+](CC=C(c1ccccc1)c1ccccc1)(c1ccccc1)c1ccccc1.[Br-]. The molecule has 0 amide bonds. The molecule has 4 aromatic rings. The third-order valence-corrected chi connectivity index (χ3v) is 5.50. The number of halogens is 1. The highest BCUT2D eigenvalue weighted by Crippen LogP contribution is 2.36. The molecule has 0 spiro atoms.